The molecule has 8 heteroatoms. The van der Waals surface area contributed by atoms with Gasteiger partial charge in [-0.15, -0.1) is 10.2 Å². The van der Waals surface area contributed by atoms with Crippen LogP contribution in [0.2, 0.25) is 0 Å². The van der Waals surface area contributed by atoms with Crippen molar-refractivity contribution in [2.45, 2.75) is 39.8 Å². The number of benzene rings is 1. The quantitative estimate of drug-likeness (QED) is 0.329. The van der Waals surface area contributed by atoms with Crippen molar-refractivity contribution in [3.05, 3.63) is 42.0 Å². The van der Waals surface area contributed by atoms with E-state index in [1.807, 2.05) is 31.2 Å². The van der Waals surface area contributed by atoms with Crippen LogP contribution < -0.4 is 15.4 Å². The lowest BCUT2D eigenvalue weighted by molar-refractivity contribution is 0.145. The first kappa shape index (κ1) is 21.7. The highest BCUT2D eigenvalue weighted by Gasteiger charge is 2.03. The number of ether oxygens (including phenoxy) is 2. The van der Waals surface area contributed by atoms with Crippen LogP contribution in [0.3, 0.4) is 0 Å². The van der Waals surface area contributed by atoms with Crippen LogP contribution in [0.5, 0.6) is 5.75 Å². The van der Waals surface area contributed by atoms with E-state index in [2.05, 4.69) is 32.3 Å². The van der Waals surface area contributed by atoms with Crippen LogP contribution >= 0.6 is 0 Å². The Hall–Kier alpha value is -2.61. The topological polar surface area (TPSA) is 85.6 Å². The Morgan fingerprint density at radius 1 is 1.21 bits per heavy atom. The molecule has 0 fully saturated rings. The third-order valence-corrected chi connectivity index (χ3v) is 4.17. The second kappa shape index (κ2) is 12.7. The molecule has 2 aromatic rings. The molecule has 0 atom stereocenters. The van der Waals surface area contributed by atoms with Gasteiger partial charge in [0, 0.05) is 39.3 Å². The highest BCUT2D eigenvalue weighted by molar-refractivity contribution is 5.79. The van der Waals surface area contributed by atoms with E-state index < -0.39 is 0 Å². The predicted molar refractivity (Wildman–Crippen MR) is 111 cm³/mol. The number of guanidine groups is 1. The number of aliphatic imine (C=N–C) groups is 1. The third kappa shape index (κ3) is 7.56. The van der Waals surface area contributed by atoms with Gasteiger partial charge in [-0.05, 0) is 31.0 Å². The Kier molecular flexibility index (Phi) is 9.85. The zero-order chi connectivity index (χ0) is 20.0. The average molecular weight is 389 g/mol. The second-order valence-electron chi connectivity index (χ2n) is 6.21. The normalized spacial score (nSPS) is 11.5. The van der Waals surface area contributed by atoms with Gasteiger partial charge >= 0.3 is 0 Å². The number of aryl methyl sites for hydroxylation is 1. The van der Waals surface area contributed by atoms with E-state index >= 15 is 0 Å². The van der Waals surface area contributed by atoms with Crippen molar-refractivity contribution in [2.24, 2.45) is 4.99 Å². The van der Waals surface area contributed by atoms with Crippen molar-refractivity contribution in [1.82, 2.24) is 25.4 Å². The van der Waals surface area contributed by atoms with Crippen molar-refractivity contribution in [3.63, 3.8) is 0 Å². The molecule has 1 heterocycles. The average Bonchev–Trinajstić information content (AvgIpc) is 3.19. The monoisotopic (exact) mass is 388 g/mol. The van der Waals surface area contributed by atoms with Gasteiger partial charge in [-0.25, -0.2) is 4.99 Å². The molecule has 8 nitrogen and oxygen atoms in total. The van der Waals surface area contributed by atoms with E-state index in [1.165, 1.54) is 0 Å². The van der Waals surface area contributed by atoms with Gasteiger partial charge in [0.2, 0.25) is 0 Å². The summed E-state index contributed by atoms with van der Waals surface area (Å²) in [6.07, 6.45) is 3.56. The fourth-order valence-electron chi connectivity index (χ4n) is 2.68. The number of methoxy groups -OCH3 is 1. The maximum Gasteiger partial charge on any atom is 0.191 e. The van der Waals surface area contributed by atoms with Crippen LogP contribution in [-0.4, -0.2) is 54.1 Å². The van der Waals surface area contributed by atoms with Gasteiger partial charge in [-0.3, -0.25) is 0 Å². The van der Waals surface area contributed by atoms with E-state index in [0.717, 1.165) is 68.8 Å². The molecule has 2 N–H and O–H groups in total. The molecule has 1 aromatic heterocycles. The SMILES string of the molecule is CCOCCCNC(=NCc1cccc(OC)c1)NCCn1cnnc1CC. The predicted octanol–water partition coefficient (Wildman–Crippen LogP) is 2.01. The standard InChI is InChI=1S/C20H32N6O2/c1-4-19-25-24-16-26(19)12-11-22-20(21-10-7-13-28-5-2)23-15-17-8-6-9-18(14-17)27-3/h6,8-9,14,16H,4-5,7,10-13,15H2,1-3H3,(H2,21,22,23). The number of rotatable bonds is 12. The van der Waals surface area contributed by atoms with Gasteiger partial charge in [0.1, 0.15) is 17.9 Å². The van der Waals surface area contributed by atoms with Crippen molar-refractivity contribution in [3.8, 4) is 5.75 Å². The van der Waals surface area contributed by atoms with Crippen LogP contribution in [0.15, 0.2) is 35.6 Å². The van der Waals surface area contributed by atoms with Gasteiger partial charge in [0.25, 0.3) is 0 Å². The number of nitrogens with zero attached hydrogens (tertiary/aromatic N) is 4. The third-order valence-electron chi connectivity index (χ3n) is 4.17. The molecule has 0 saturated carbocycles. The lowest BCUT2D eigenvalue weighted by Crippen LogP contribution is -2.39. The van der Waals surface area contributed by atoms with Crippen molar-refractivity contribution in [2.75, 3.05) is 33.4 Å². The maximum absolute atomic E-state index is 5.39. The fourth-order valence-corrected chi connectivity index (χ4v) is 2.68. The number of hydrogen-bond donors (Lipinski definition) is 2. The van der Waals surface area contributed by atoms with Crippen molar-refractivity contribution < 1.29 is 9.47 Å². The van der Waals surface area contributed by atoms with Crippen LogP contribution in [-0.2, 0) is 24.2 Å². The molecular weight excluding hydrogens is 356 g/mol. The first-order valence-electron chi connectivity index (χ1n) is 9.86. The van der Waals surface area contributed by atoms with E-state index in [1.54, 1.807) is 13.4 Å². The maximum atomic E-state index is 5.39. The molecular formula is C20H32N6O2. The molecule has 0 radical (unpaired) electrons. The highest BCUT2D eigenvalue weighted by Crippen LogP contribution is 2.13. The van der Waals surface area contributed by atoms with E-state index in [4.69, 9.17) is 14.5 Å². The lowest BCUT2D eigenvalue weighted by atomic mass is 10.2. The minimum absolute atomic E-state index is 0.574. The summed E-state index contributed by atoms with van der Waals surface area (Å²) in [4.78, 5) is 4.71. The molecule has 0 aliphatic rings. The fraction of sp³-hybridized carbons (Fsp3) is 0.550. The van der Waals surface area contributed by atoms with Gasteiger partial charge in [0.05, 0.1) is 13.7 Å². The van der Waals surface area contributed by atoms with Crippen molar-refractivity contribution >= 4 is 5.96 Å². The summed E-state index contributed by atoms with van der Waals surface area (Å²) < 4.78 is 12.7. The second-order valence-corrected chi connectivity index (χ2v) is 6.21. The molecule has 0 unspecified atom stereocenters. The zero-order valence-corrected chi connectivity index (χ0v) is 17.1. The van der Waals surface area contributed by atoms with Crippen LogP contribution in [0.4, 0.5) is 0 Å². The van der Waals surface area contributed by atoms with Gasteiger partial charge in [0.15, 0.2) is 5.96 Å². The zero-order valence-electron chi connectivity index (χ0n) is 17.1. The summed E-state index contributed by atoms with van der Waals surface area (Å²) in [5.74, 6) is 2.61. The molecule has 1 aromatic carbocycles. The van der Waals surface area contributed by atoms with Crippen LogP contribution in [0.1, 0.15) is 31.7 Å². The van der Waals surface area contributed by atoms with E-state index in [0.29, 0.717) is 6.54 Å². The number of nitrogens with one attached hydrogen (secondary N) is 2. The summed E-state index contributed by atoms with van der Waals surface area (Å²) in [5.41, 5.74) is 1.10. The molecule has 0 amide bonds. The largest absolute Gasteiger partial charge is 0.497 e. The highest BCUT2D eigenvalue weighted by atomic mass is 16.5. The Balaban J connectivity index is 1.90. The van der Waals surface area contributed by atoms with E-state index in [-0.39, 0.29) is 0 Å². The summed E-state index contributed by atoms with van der Waals surface area (Å²) >= 11 is 0. The summed E-state index contributed by atoms with van der Waals surface area (Å²) in [7, 11) is 1.67. The van der Waals surface area contributed by atoms with Gasteiger partial charge in [-0.2, -0.15) is 0 Å². The Bertz CT molecular complexity index is 716. The number of hydrogen-bond acceptors (Lipinski definition) is 5. The Labute approximate surface area is 167 Å². The first-order valence-corrected chi connectivity index (χ1v) is 9.86. The summed E-state index contributed by atoms with van der Waals surface area (Å²) in [5, 5.41) is 14.9. The molecule has 154 valence electrons. The van der Waals surface area contributed by atoms with Gasteiger partial charge in [-0.1, -0.05) is 19.1 Å². The minimum Gasteiger partial charge on any atom is -0.497 e. The first-order chi connectivity index (χ1) is 13.8. The Morgan fingerprint density at radius 2 is 2.07 bits per heavy atom. The summed E-state index contributed by atoms with van der Waals surface area (Å²) in [6.45, 7) is 8.47. The molecule has 28 heavy (non-hydrogen) atoms. The minimum atomic E-state index is 0.574. The van der Waals surface area contributed by atoms with E-state index in [9.17, 15) is 0 Å². The molecule has 0 aliphatic heterocycles. The smallest absolute Gasteiger partial charge is 0.191 e. The molecule has 2 rings (SSSR count). The van der Waals surface area contributed by atoms with Crippen LogP contribution in [0, 0.1) is 0 Å². The van der Waals surface area contributed by atoms with Crippen LogP contribution in [0.25, 0.3) is 0 Å². The number of aromatic nitrogens is 3. The van der Waals surface area contributed by atoms with Crippen molar-refractivity contribution in [1.29, 1.82) is 0 Å². The van der Waals surface area contributed by atoms with Gasteiger partial charge < -0.3 is 24.7 Å². The summed E-state index contributed by atoms with van der Waals surface area (Å²) in [6, 6.07) is 7.96. The lowest BCUT2D eigenvalue weighted by Gasteiger charge is -2.13. The Morgan fingerprint density at radius 3 is 2.86 bits per heavy atom. The molecule has 0 saturated heterocycles. The molecule has 0 spiro atoms. The molecule has 0 bridgehead atoms. The molecule has 0 aliphatic carbocycles.